The van der Waals surface area contributed by atoms with Crippen molar-refractivity contribution in [2.75, 3.05) is 38.0 Å². The molecule has 0 spiro atoms. The first-order chi connectivity index (χ1) is 12.1. The zero-order chi connectivity index (χ0) is 17.6. The van der Waals surface area contributed by atoms with E-state index < -0.39 is 0 Å². The number of hydrogen-bond donors (Lipinski definition) is 2. The molecule has 8 heteroatoms. The summed E-state index contributed by atoms with van der Waals surface area (Å²) in [5.74, 6) is -0.294. The number of aromatic nitrogens is 2. The summed E-state index contributed by atoms with van der Waals surface area (Å²) in [6, 6.07) is 12.0. The lowest BCUT2D eigenvalue weighted by Gasteiger charge is -2.34. The SMILES string of the molecule is O=C(CN1CCN(C(=O)c2ccc(=O)[nH]n2)CC1)Nc1ccccc1. The van der Waals surface area contributed by atoms with Crippen molar-refractivity contribution >= 4 is 17.5 Å². The minimum atomic E-state index is -0.342. The van der Waals surface area contributed by atoms with E-state index in [9.17, 15) is 14.4 Å². The van der Waals surface area contributed by atoms with E-state index >= 15 is 0 Å². The van der Waals surface area contributed by atoms with Crippen molar-refractivity contribution in [1.82, 2.24) is 20.0 Å². The summed E-state index contributed by atoms with van der Waals surface area (Å²) >= 11 is 0. The highest BCUT2D eigenvalue weighted by Gasteiger charge is 2.24. The second kappa shape index (κ2) is 7.71. The smallest absolute Gasteiger partial charge is 0.274 e. The van der Waals surface area contributed by atoms with E-state index in [0.29, 0.717) is 26.2 Å². The van der Waals surface area contributed by atoms with Gasteiger partial charge in [0.25, 0.3) is 11.5 Å². The Labute approximate surface area is 144 Å². The van der Waals surface area contributed by atoms with E-state index in [1.165, 1.54) is 12.1 Å². The largest absolute Gasteiger partial charge is 0.335 e. The lowest BCUT2D eigenvalue weighted by Crippen LogP contribution is -2.50. The van der Waals surface area contributed by atoms with Crippen LogP contribution < -0.4 is 10.9 Å². The average Bonchev–Trinajstić information content (AvgIpc) is 2.63. The first-order valence-corrected chi connectivity index (χ1v) is 8.04. The van der Waals surface area contributed by atoms with Gasteiger partial charge in [0.15, 0.2) is 0 Å². The van der Waals surface area contributed by atoms with Crippen molar-refractivity contribution < 1.29 is 9.59 Å². The number of anilines is 1. The molecule has 0 bridgehead atoms. The Bertz CT molecular complexity index is 777. The number of nitrogens with zero attached hydrogens (tertiary/aromatic N) is 3. The van der Waals surface area contributed by atoms with Gasteiger partial charge in [-0.25, -0.2) is 5.10 Å². The fraction of sp³-hybridized carbons (Fsp3) is 0.294. The maximum atomic E-state index is 12.3. The van der Waals surface area contributed by atoms with Gasteiger partial charge in [-0.05, 0) is 18.2 Å². The van der Waals surface area contributed by atoms with Gasteiger partial charge >= 0.3 is 0 Å². The number of carbonyl (C=O) groups excluding carboxylic acids is 2. The molecule has 1 fully saturated rings. The number of H-pyrrole nitrogens is 1. The second-order valence-corrected chi connectivity index (χ2v) is 5.79. The third kappa shape index (κ3) is 4.51. The zero-order valence-electron chi connectivity index (χ0n) is 13.6. The summed E-state index contributed by atoms with van der Waals surface area (Å²) < 4.78 is 0. The van der Waals surface area contributed by atoms with Crippen LogP contribution in [0.15, 0.2) is 47.3 Å². The molecule has 25 heavy (non-hydrogen) atoms. The highest BCUT2D eigenvalue weighted by atomic mass is 16.2. The molecule has 0 radical (unpaired) electrons. The fourth-order valence-corrected chi connectivity index (χ4v) is 2.66. The molecule has 0 aliphatic carbocycles. The maximum Gasteiger partial charge on any atom is 0.274 e. The van der Waals surface area contributed by atoms with Crippen LogP contribution in [-0.2, 0) is 4.79 Å². The maximum absolute atomic E-state index is 12.3. The molecule has 1 aromatic carbocycles. The summed E-state index contributed by atoms with van der Waals surface area (Å²) in [5.41, 5.74) is 0.645. The molecule has 2 heterocycles. The van der Waals surface area contributed by atoms with Crippen LogP contribution in [0, 0.1) is 0 Å². The normalized spacial score (nSPS) is 15.0. The lowest BCUT2D eigenvalue weighted by molar-refractivity contribution is -0.117. The van der Waals surface area contributed by atoms with E-state index in [4.69, 9.17) is 0 Å². The number of para-hydroxylation sites is 1. The van der Waals surface area contributed by atoms with Gasteiger partial charge in [0.1, 0.15) is 5.69 Å². The molecule has 130 valence electrons. The van der Waals surface area contributed by atoms with Crippen LogP contribution in [0.1, 0.15) is 10.5 Å². The van der Waals surface area contributed by atoms with Crippen LogP contribution in [0.2, 0.25) is 0 Å². The number of rotatable bonds is 4. The number of nitrogens with one attached hydrogen (secondary N) is 2. The number of aromatic amines is 1. The average molecular weight is 341 g/mol. The van der Waals surface area contributed by atoms with Crippen molar-refractivity contribution in [1.29, 1.82) is 0 Å². The Kier molecular flexibility index (Phi) is 5.20. The van der Waals surface area contributed by atoms with Crippen molar-refractivity contribution in [3.63, 3.8) is 0 Å². The molecule has 2 aromatic rings. The van der Waals surface area contributed by atoms with Crippen molar-refractivity contribution in [2.45, 2.75) is 0 Å². The minimum Gasteiger partial charge on any atom is -0.335 e. The summed E-state index contributed by atoms with van der Waals surface area (Å²) in [6.45, 7) is 2.53. The first kappa shape index (κ1) is 16.8. The summed E-state index contributed by atoms with van der Waals surface area (Å²) in [5, 5.41) is 8.87. The Morgan fingerprint density at radius 1 is 1.04 bits per heavy atom. The van der Waals surface area contributed by atoms with Gasteiger partial charge in [-0.15, -0.1) is 0 Å². The molecular formula is C17H19N5O3. The molecule has 0 saturated carbocycles. The van der Waals surface area contributed by atoms with E-state index in [-0.39, 0.29) is 29.6 Å². The van der Waals surface area contributed by atoms with Crippen molar-refractivity contribution in [3.05, 3.63) is 58.5 Å². The van der Waals surface area contributed by atoms with Gasteiger partial charge in [-0.1, -0.05) is 18.2 Å². The van der Waals surface area contributed by atoms with Crippen LogP contribution in [0.5, 0.6) is 0 Å². The lowest BCUT2D eigenvalue weighted by atomic mass is 10.2. The standard InChI is InChI=1S/C17H19N5O3/c23-15-7-6-14(19-20-15)17(25)22-10-8-21(9-11-22)12-16(24)18-13-4-2-1-3-5-13/h1-7H,8-12H2,(H,18,24)(H,20,23). The van der Waals surface area contributed by atoms with Gasteiger partial charge in [0, 0.05) is 37.9 Å². The van der Waals surface area contributed by atoms with Gasteiger partial charge in [-0.2, -0.15) is 5.10 Å². The van der Waals surface area contributed by atoms with Crippen LogP contribution in [-0.4, -0.2) is 64.5 Å². The molecule has 1 aliphatic rings. The zero-order valence-corrected chi connectivity index (χ0v) is 13.6. The molecule has 3 rings (SSSR count). The predicted octanol–water partition coefficient (Wildman–Crippen LogP) is 0.166. The molecule has 0 atom stereocenters. The highest BCUT2D eigenvalue weighted by molar-refractivity contribution is 5.93. The fourth-order valence-electron chi connectivity index (χ4n) is 2.66. The number of amides is 2. The van der Waals surface area contributed by atoms with E-state index in [1.807, 2.05) is 35.2 Å². The number of hydrogen-bond acceptors (Lipinski definition) is 5. The molecule has 0 unspecified atom stereocenters. The Morgan fingerprint density at radius 2 is 1.76 bits per heavy atom. The molecule has 2 N–H and O–H groups in total. The monoisotopic (exact) mass is 341 g/mol. The molecule has 2 amide bonds. The molecule has 8 nitrogen and oxygen atoms in total. The molecule has 1 aromatic heterocycles. The first-order valence-electron chi connectivity index (χ1n) is 8.04. The van der Waals surface area contributed by atoms with Gasteiger partial charge in [0.05, 0.1) is 6.54 Å². The predicted molar refractivity (Wildman–Crippen MR) is 92.3 cm³/mol. The van der Waals surface area contributed by atoms with Gasteiger partial charge in [0.2, 0.25) is 5.91 Å². The van der Waals surface area contributed by atoms with Crippen LogP contribution in [0.3, 0.4) is 0 Å². The van der Waals surface area contributed by atoms with Gasteiger partial charge < -0.3 is 10.2 Å². The Morgan fingerprint density at radius 3 is 2.40 bits per heavy atom. The quantitative estimate of drug-likeness (QED) is 0.826. The Balaban J connectivity index is 1.48. The molecule has 1 aliphatic heterocycles. The van der Waals surface area contributed by atoms with E-state index in [2.05, 4.69) is 15.5 Å². The number of piperazine rings is 1. The number of benzene rings is 1. The van der Waals surface area contributed by atoms with Crippen molar-refractivity contribution in [2.24, 2.45) is 0 Å². The summed E-state index contributed by atoms with van der Waals surface area (Å²) in [6.07, 6.45) is 0. The van der Waals surface area contributed by atoms with Crippen LogP contribution in [0.4, 0.5) is 5.69 Å². The molecule has 1 saturated heterocycles. The molecular weight excluding hydrogens is 322 g/mol. The minimum absolute atomic E-state index is 0.0757. The number of carbonyl (C=O) groups is 2. The third-order valence-corrected chi connectivity index (χ3v) is 3.98. The Hall–Kier alpha value is -3.00. The van der Waals surface area contributed by atoms with Gasteiger partial charge in [-0.3, -0.25) is 19.3 Å². The van der Waals surface area contributed by atoms with E-state index in [1.54, 1.807) is 4.90 Å². The third-order valence-electron chi connectivity index (χ3n) is 3.98. The second-order valence-electron chi connectivity index (χ2n) is 5.79. The van der Waals surface area contributed by atoms with E-state index in [0.717, 1.165) is 5.69 Å². The summed E-state index contributed by atoms with van der Waals surface area (Å²) in [4.78, 5) is 39.1. The van der Waals surface area contributed by atoms with Crippen LogP contribution >= 0.6 is 0 Å². The topological polar surface area (TPSA) is 98.4 Å². The van der Waals surface area contributed by atoms with Crippen LogP contribution in [0.25, 0.3) is 0 Å². The highest BCUT2D eigenvalue weighted by Crippen LogP contribution is 2.08. The van der Waals surface area contributed by atoms with Crippen molar-refractivity contribution in [3.8, 4) is 0 Å². The summed E-state index contributed by atoms with van der Waals surface area (Å²) in [7, 11) is 0.